The minimum atomic E-state index is -0.586. The van der Waals surface area contributed by atoms with E-state index < -0.39 is 12.2 Å². The summed E-state index contributed by atoms with van der Waals surface area (Å²) in [6.07, 6.45) is 2.04. The Bertz CT molecular complexity index is 331. The van der Waals surface area contributed by atoms with Crippen LogP contribution in [0.15, 0.2) is 36.5 Å². The molecule has 0 aliphatic heterocycles. The Kier molecular flexibility index (Phi) is 5.79. The van der Waals surface area contributed by atoms with E-state index in [0.717, 1.165) is 23.1 Å². The third-order valence-electron chi connectivity index (χ3n) is 3.78. The van der Waals surface area contributed by atoms with Crippen LogP contribution in [0.1, 0.15) is 32.1 Å². The normalized spacial score (nSPS) is 31.2. The van der Waals surface area contributed by atoms with Gasteiger partial charge in [0, 0.05) is 0 Å². The van der Waals surface area contributed by atoms with Crippen molar-refractivity contribution in [1.29, 1.82) is 0 Å². The van der Waals surface area contributed by atoms with Crippen molar-refractivity contribution in [3.05, 3.63) is 36.5 Å². The van der Waals surface area contributed by atoms with Crippen molar-refractivity contribution >= 4 is 0 Å². The van der Waals surface area contributed by atoms with Crippen molar-refractivity contribution < 1.29 is 15.3 Å². The quantitative estimate of drug-likeness (QED) is 0.658. The van der Waals surface area contributed by atoms with Gasteiger partial charge in [-0.25, -0.2) is 0 Å². The SMILES string of the molecule is C=C1CCC(C(=C)CO)CC(O)C(=C)CCC1O. The number of rotatable bonds is 2. The lowest BCUT2D eigenvalue weighted by atomic mass is 9.83. The molecule has 0 aromatic rings. The van der Waals surface area contributed by atoms with E-state index in [-0.39, 0.29) is 12.5 Å². The lowest BCUT2D eigenvalue weighted by Crippen LogP contribution is -2.22. The third-order valence-corrected chi connectivity index (χ3v) is 3.78. The molecule has 0 bridgehead atoms. The Morgan fingerprint density at radius 3 is 2.22 bits per heavy atom. The Morgan fingerprint density at radius 2 is 1.61 bits per heavy atom. The van der Waals surface area contributed by atoms with Crippen molar-refractivity contribution in [3.8, 4) is 0 Å². The first kappa shape index (κ1) is 15.2. The van der Waals surface area contributed by atoms with Gasteiger partial charge < -0.3 is 15.3 Å². The summed E-state index contributed by atoms with van der Waals surface area (Å²) in [5, 5.41) is 29.1. The molecule has 3 heteroatoms. The van der Waals surface area contributed by atoms with Crippen LogP contribution in [0.25, 0.3) is 0 Å². The molecule has 3 unspecified atom stereocenters. The molecule has 0 saturated heterocycles. The molecular weight excluding hydrogens is 228 g/mol. The molecule has 3 atom stereocenters. The lowest BCUT2D eigenvalue weighted by Gasteiger charge is -2.26. The van der Waals surface area contributed by atoms with Gasteiger partial charge in [-0.3, -0.25) is 0 Å². The van der Waals surface area contributed by atoms with E-state index in [1.54, 1.807) is 0 Å². The molecule has 102 valence electrons. The first-order valence-corrected chi connectivity index (χ1v) is 6.45. The summed E-state index contributed by atoms with van der Waals surface area (Å²) < 4.78 is 0. The summed E-state index contributed by atoms with van der Waals surface area (Å²) in [6.45, 7) is 11.5. The summed E-state index contributed by atoms with van der Waals surface area (Å²) in [7, 11) is 0. The first-order chi connectivity index (χ1) is 8.45. The molecule has 1 aliphatic rings. The largest absolute Gasteiger partial charge is 0.392 e. The maximum Gasteiger partial charge on any atom is 0.0753 e. The van der Waals surface area contributed by atoms with Crippen LogP contribution in [0.5, 0.6) is 0 Å². The molecule has 0 aromatic heterocycles. The van der Waals surface area contributed by atoms with Crippen molar-refractivity contribution in [3.63, 3.8) is 0 Å². The van der Waals surface area contributed by atoms with Crippen molar-refractivity contribution in [2.75, 3.05) is 6.61 Å². The van der Waals surface area contributed by atoms with Gasteiger partial charge in [0.2, 0.25) is 0 Å². The van der Waals surface area contributed by atoms with Crippen LogP contribution < -0.4 is 0 Å². The topological polar surface area (TPSA) is 60.7 Å². The Balaban J connectivity index is 2.78. The zero-order chi connectivity index (χ0) is 13.7. The minimum absolute atomic E-state index is 0.0452. The van der Waals surface area contributed by atoms with Crippen LogP contribution in [0, 0.1) is 5.92 Å². The fourth-order valence-corrected chi connectivity index (χ4v) is 2.27. The number of aliphatic hydroxyl groups is 3. The molecule has 3 N–H and O–H groups in total. The molecule has 0 aromatic carbocycles. The fourth-order valence-electron chi connectivity index (χ4n) is 2.27. The second-order valence-electron chi connectivity index (χ2n) is 5.17. The van der Waals surface area contributed by atoms with Gasteiger partial charge in [0.25, 0.3) is 0 Å². The van der Waals surface area contributed by atoms with Crippen LogP contribution in [0.3, 0.4) is 0 Å². The summed E-state index contributed by atoms with van der Waals surface area (Å²) in [4.78, 5) is 0. The zero-order valence-electron chi connectivity index (χ0n) is 10.9. The number of hydrogen-bond donors (Lipinski definition) is 3. The molecule has 0 radical (unpaired) electrons. The standard InChI is InChI=1S/C15H24O3/c1-10-4-6-13(12(3)9-16)8-15(18)11(2)5-7-14(10)17/h13-18H,1-9H2. The highest BCUT2D eigenvalue weighted by Crippen LogP contribution is 2.29. The highest BCUT2D eigenvalue weighted by atomic mass is 16.3. The Labute approximate surface area is 109 Å². The number of hydrogen-bond acceptors (Lipinski definition) is 3. The van der Waals surface area contributed by atoms with E-state index in [1.807, 2.05) is 0 Å². The second kappa shape index (κ2) is 6.88. The average molecular weight is 252 g/mol. The molecular formula is C15H24O3. The smallest absolute Gasteiger partial charge is 0.0753 e. The zero-order valence-corrected chi connectivity index (χ0v) is 10.9. The summed E-state index contributed by atoms with van der Waals surface area (Å²) in [5.74, 6) is 0.0452. The Hall–Kier alpha value is -0.900. The lowest BCUT2D eigenvalue weighted by molar-refractivity contribution is 0.154. The summed E-state index contributed by atoms with van der Waals surface area (Å²) in [6, 6.07) is 0. The molecule has 1 fully saturated rings. The van der Waals surface area contributed by atoms with Crippen molar-refractivity contribution in [2.45, 2.75) is 44.3 Å². The van der Waals surface area contributed by atoms with E-state index in [9.17, 15) is 10.2 Å². The maximum atomic E-state index is 10.0. The van der Waals surface area contributed by atoms with Crippen LogP contribution in [0.2, 0.25) is 0 Å². The van der Waals surface area contributed by atoms with E-state index in [0.29, 0.717) is 25.7 Å². The monoisotopic (exact) mass is 252 g/mol. The average Bonchev–Trinajstić information content (AvgIpc) is 2.37. The van der Waals surface area contributed by atoms with Gasteiger partial charge in [-0.2, -0.15) is 0 Å². The molecule has 0 spiro atoms. The molecule has 0 amide bonds. The van der Waals surface area contributed by atoms with E-state index in [2.05, 4.69) is 19.7 Å². The number of aliphatic hydroxyl groups excluding tert-OH is 3. The first-order valence-electron chi connectivity index (χ1n) is 6.45. The van der Waals surface area contributed by atoms with E-state index in [4.69, 9.17) is 5.11 Å². The maximum absolute atomic E-state index is 10.0. The highest BCUT2D eigenvalue weighted by molar-refractivity contribution is 5.12. The van der Waals surface area contributed by atoms with Crippen LogP contribution >= 0.6 is 0 Å². The molecule has 1 rings (SSSR count). The van der Waals surface area contributed by atoms with Gasteiger partial charge in [0.1, 0.15) is 0 Å². The summed E-state index contributed by atoms with van der Waals surface area (Å²) >= 11 is 0. The van der Waals surface area contributed by atoms with Gasteiger partial charge in [0.05, 0.1) is 18.8 Å². The van der Waals surface area contributed by atoms with Gasteiger partial charge in [-0.1, -0.05) is 19.7 Å². The predicted molar refractivity (Wildman–Crippen MR) is 73.1 cm³/mol. The van der Waals surface area contributed by atoms with Crippen LogP contribution in [-0.2, 0) is 0 Å². The minimum Gasteiger partial charge on any atom is -0.392 e. The molecule has 3 nitrogen and oxygen atoms in total. The fraction of sp³-hybridized carbons (Fsp3) is 0.600. The molecule has 18 heavy (non-hydrogen) atoms. The molecule has 1 aliphatic carbocycles. The van der Waals surface area contributed by atoms with Crippen molar-refractivity contribution in [2.24, 2.45) is 5.92 Å². The van der Waals surface area contributed by atoms with Gasteiger partial charge in [-0.15, -0.1) is 0 Å². The highest BCUT2D eigenvalue weighted by Gasteiger charge is 2.22. The van der Waals surface area contributed by atoms with Gasteiger partial charge >= 0.3 is 0 Å². The van der Waals surface area contributed by atoms with E-state index in [1.165, 1.54) is 0 Å². The molecule has 0 heterocycles. The Morgan fingerprint density at radius 1 is 1.06 bits per heavy atom. The van der Waals surface area contributed by atoms with E-state index >= 15 is 0 Å². The van der Waals surface area contributed by atoms with Crippen LogP contribution in [0.4, 0.5) is 0 Å². The predicted octanol–water partition coefficient (Wildman–Crippen LogP) is 1.95. The third kappa shape index (κ3) is 4.09. The van der Waals surface area contributed by atoms with Gasteiger partial charge in [-0.05, 0) is 54.7 Å². The van der Waals surface area contributed by atoms with Gasteiger partial charge in [0.15, 0.2) is 0 Å². The van der Waals surface area contributed by atoms with Crippen LogP contribution in [-0.4, -0.2) is 34.1 Å². The molecule has 1 saturated carbocycles. The summed E-state index contributed by atoms with van der Waals surface area (Å²) in [5.41, 5.74) is 2.28. The van der Waals surface area contributed by atoms with Crippen molar-refractivity contribution in [1.82, 2.24) is 0 Å². The second-order valence-corrected chi connectivity index (χ2v) is 5.17.